The molecule has 0 atom stereocenters. The molecule has 0 aliphatic carbocycles. The number of hydrogen-bond acceptors (Lipinski definition) is 3. The largest absolute Gasteiger partial charge is 0.367 e. The molecule has 4 heteroatoms. The molecule has 1 aliphatic rings. The maximum absolute atomic E-state index is 11.1. The summed E-state index contributed by atoms with van der Waals surface area (Å²) in [4.78, 5) is 15.8. The molecule has 0 spiro atoms. The zero-order valence-corrected chi connectivity index (χ0v) is 12.4. The van der Waals surface area contributed by atoms with Crippen LogP contribution in [-0.2, 0) is 0 Å². The Morgan fingerprint density at radius 2 is 1.95 bits per heavy atom. The molecular formula is C15H21ClN2O. The van der Waals surface area contributed by atoms with E-state index >= 15 is 0 Å². The number of benzene rings is 1. The molecule has 0 saturated carbocycles. The molecular weight excluding hydrogens is 260 g/mol. The summed E-state index contributed by atoms with van der Waals surface area (Å²) < 4.78 is 0. The number of piperazine rings is 1. The molecule has 0 bridgehead atoms. The molecule has 1 aromatic carbocycles. The topological polar surface area (TPSA) is 23.6 Å². The van der Waals surface area contributed by atoms with Crippen molar-refractivity contribution in [1.29, 1.82) is 0 Å². The predicted octanol–water partition coefficient (Wildman–Crippen LogP) is 2.93. The van der Waals surface area contributed by atoms with Crippen molar-refractivity contribution in [3.63, 3.8) is 0 Å². The number of rotatable bonds is 4. The van der Waals surface area contributed by atoms with Gasteiger partial charge < -0.3 is 4.90 Å². The van der Waals surface area contributed by atoms with E-state index in [0.717, 1.165) is 44.7 Å². The van der Waals surface area contributed by atoms with Gasteiger partial charge in [0.1, 0.15) is 0 Å². The molecule has 19 heavy (non-hydrogen) atoms. The summed E-state index contributed by atoms with van der Waals surface area (Å²) in [5, 5.41) is 0.668. The van der Waals surface area contributed by atoms with Gasteiger partial charge in [0.2, 0.25) is 0 Å². The van der Waals surface area contributed by atoms with Crippen LogP contribution < -0.4 is 4.90 Å². The van der Waals surface area contributed by atoms with Crippen LogP contribution in [0.5, 0.6) is 0 Å². The molecule has 1 aliphatic heterocycles. The van der Waals surface area contributed by atoms with Crippen LogP contribution in [0.3, 0.4) is 0 Å². The van der Waals surface area contributed by atoms with Crippen molar-refractivity contribution in [2.24, 2.45) is 5.92 Å². The predicted molar refractivity (Wildman–Crippen MR) is 80.3 cm³/mol. The van der Waals surface area contributed by atoms with Gasteiger partial charge in [-0.3, -0.25) is 9.69 Å². The van der Waals surface area contributed by atoms with Crippen LogP contribution in [0.4, 0.5) is 5.69 Å². The quantitative estimate of drug-likeness (QED) is 0.793. The Bertz CT molecular complexity index is 440. The van der Waals surface area contributed by atoms with Gasteiger partial charge in [-0.05, 0) is 18.1 Å². The van der Waals surface area contributed by atoms with E-state index in [-0.39, 0.29) is 0 Å². The van der Waals surface area contributed by atoms with Crippen molar-refractivity contribution in [3.05, 3.63) is 28.8 Å². The summed E-state index contributed by atoms with van der Waals surface area (Å²) in [6, 6.07) is 5.50. The Morgan fingerprint density at radius 1 is 1.26 bits per heavy atom. The molecule has 0 radical (unpaired) electrons. The highest BCUT2D eigenvalue weighted by atomic mass is 35.5. The zero-order chi connectivity index (χ0) is 13.8. The average Bonchev–Trinajstić information content (AvgIpc) is 2.39. The van der Waals surface area contributed by atoms with E-state index in [1.165, 1.54) is 0 Å². The standard InChI is InChI=1S/C15H21ClN2O/c1-12(2)10-17-6-8-18(9-7-17)15-13(11-19)4-3-5-14(15)16/h3-5,11-12H,6-10H2,1-2H3. The third-order valence-electron chi connectivity index (χ3n) is 3.46. The van der Waals surface area contributed by atoms with Gasteiger partial charge in [-0.15, -0.1) is 0 Å². The first-order chi connectivity index (χ1) is 9.11. The van der Waals surface area contributed by atoms with Gasteiger partial charge in [-0.2, -0.15) is 0 Å². The summed E-state index contributed by atoms with van der Waals surface area (Å²) in [6.45, 7) is 9.53. The van der Waals surface area contributed by atoms with E-state index in [9.17, 15) is 4.79 Å². The Labute approximate surface area is 120 Å². The van der Waals surface area contributed by atoms with Gasteiger partial charge in [0, 0.05) is 38.3 Å². The fraction of sp³-hybridized carbons (Fsp3) is 0.533. The summed E-state index contributed by atoms with van der Waals surface area (Å²) in [5.74, 6) is 0.692. The Hall–Kier alpha value is -1.06. The van der Waals surface area contributed by atoms with E-state index in [0.29, 0.717) is 16.5 Å². The Morgan fingerprint density at radius 3 is 2.53 bits per heavy atom. The number of carbonyl (C=O) groups is 1. The van der Waals surface area contributed by atoms with Crippen molar-refractivity contribution in [3.8, 4) is 0 Å². The van der Waals surface area contributed by atoms with Gasteiger partial charge in [0.05, 0.1) is 10.7 Å². The maximum atomic E-state index is 11.1. The van der Waals surface area contributed by atoms with Gasteiger partial charge in [-0.1, -0.05) is 31.5 Å². The number of para-hydroxylation sites is 1. The lowest BCUT2D eigenvalue weighted by atomic mass is 10.1. The smallest absolute Gasteiger partial charge is 0.152 e. The molecule has 1 aromatic rings. The molecule has 2 rings (SSSR count). The van der Waals surface area contributed by atoms with E-state index in [4.69, 9.17) is 11.6 Å². The molecule has 0 N–H and O–H groups in total. The number of carbonyl (C=O) groups excluding carboxylic acids is 1. The lowest BCUT2D eigenvalue weighted by molar-refractivity contribution is 0.112. The minimum atomic E-state index is 0.668. The monoisotopic (exact) mass is 280 g/mol. The Balaban J connectivity index is 2.07. The molecule has 104 valence electrons. The lowest BCUT2D eigenvalue weighted by Crippen LogP contribution is -2.47. The molecule has 0 aromatic heterocycles. The number of hydrogen-bond donors (Lipinski definition) is 0. The Kier molecular flexibility index (Phi) is 4.83. The highest BCUT2D eigenvalue weighted by molar-refractivity contribution is 6.33. The maximum Gasteiger partial charge on any atom is 0.152 e. The van der Waals surface area contributed by atoms with E-state index < -0.39 is 0 Å². The first-order valence-corrected chi connectivity index (χ1v) is 7.20. The van der Waals surface area contributed by atoms with Crippen molar-refractivity contribution in [2.45, 2.75) is 13.8 Å². The van der Waals surface area contributed by atoms with Crippen molar-refractivity contribution in [2.75, 3.05) is 37.6 Å². The normalized spacial score (nSPS) is 16.9. The summed E-state index contributed by atoms with van der Waals surface area (Å²) in [5.41, 5.74) is 1.58. The highest BCUT2D eigenvalue weighted by Gasteiger charge is 2.21. The summed E-state index contributed by atoms with van der Waals surface area (Å²) in [7, 11) is 0. The van der Waals surface area contributed by atoms with Crippen molar-refractivity contribution in [1.82, 2.24) is 4.90 Å². The molecule has 0 amide bonds. The van der Waals surface area contributed by atoms with E-state index in [2.05, 4.69) is 23.6 Å². The van der Waals surface area contributed by atoms with Crippen LogP contribution in [0, 0.1) is 5.92 Å². The van der Waals surface area contributed by atoms with Gasteiger partial charge >= 0.3 is 0 Å². The molecule has 1 fully saturated rings. The van der Waals surface area contributed by atoms with Gasteiger partial charge in [0.25, 0.3) is 0 Å². The number of anilines is 1. The first-order valence-electron chi connectivity index (χ1n) is 6.83. The number of aldehydes is 1. The molecule has 0 unspecified atom stereocenters. The summed E-state index contributed by atoms with van der Waals surface area (Å²) >= 11 is 6.25. The number of nitrogens with zero attached hydrogens (tertiary/aromatic N) is 2. The van der Waals surface area contributed by atoms with Gasteiger partial charge in [0.15, 0.2) is 6.29 Å². The molecule has 1 heterocycles. The zero-order valence-electron chi connectivity index (χ0n) is 11.6. The average molecular weight is 281 g/mol. The van der Waals surface area contributed by atoms with Crippen molar-refractivity contribution < 1.29 is 4.79 Å². The minimum absolute atomic E-state index is 0.668. The third kappa shape index (κ3) is 3.48. The van der Waals surface area contributed by atoms with Crippen LogP contribution in [0.15, 0.2) is 18.2 Å². The second-order valence-corrected chi connectivity index (χ2v) is 5.88. The third-order valence-corrected chi connectivity index (χ3v) is 3.76. The fourth-order valence-electron chi connectivity index (χ4n) is 2.63. The van der Waals surface area contributed by atoms with Crippen molar-refractivity contribution >= 4 is 23.6 Å². The molecule has 3 nitrogen and oxygen atoms in total. The van der Waals surface area contributed by atoms with E-state index in [1.807, 2.05) is 18.2 Å². The van der Waals surface area contributed by atoms with Crippen LogP contribution in [0.25, 0.3) is 0 Å². The second kappa shape index (κ2) is 6.40. The first kappa shape index (κ1) is 14.4. The van der Waals surface area contributed by atoms with Crippen LogP contribution in [0.1, 0.15) is 24.2 Å². The summed E-state index contributed by atoms with van der Waals surface area (Å²) in [6.07, 6.45) is 0.891. The lowest BCUT2D eigenvalue weighted by Gasteiger charge is -2.37. The van der Waals surface area contributed by atoms with Crippen LogP contribution >= 0.6 is 11.6 Å². The van der Waals surface area contributed by atoms with Crippen LogP contribution in [0.2, 0.25) is 5.02 Å². The fourth-order valence-corrected chi connectivity index (χ4v) is 2.93. The molecule has 1 saturated heterocycles. The van der Waals surface area contributed by atoms with E-state index in [1.54, 1.807) is 0 Å². The number of halogens is 1. The van der Waals surface area contributed by atoms with Gasteiger partial charge in [-0.25, -0.2) is 0 Å². The highest BCUT2D eigenvalue weighted by Crippen LogP contribution is 2.29. The SMILES string of the molecule is CC(C)CN1CCN(c2c(Cl)cccc2C=O)CC1. The minimum Gasteiger partial charge on any atom is -0.367 e. The second-order valence-electron chi connectivity index (χ2n) is 5.48. The van der Waals surface area contributed by atoms with Crippen LogP contribution in [-0.4, -0.2) is 43.9 Å².